The first-order valence-electron chi connectivity index (χ1n) is 4.81. The average Bonchev–Trinajstić information content (AvgIpc) is 2.20. The minimum absolute atomic E-state index is 0.294. The minimum Gasteiger partial charge on any atom is -0.478 e. The van der Waals surface area contributed by atoms with Crippen molar-refractivity contribution in [2.75, 3.05) is 6.54 Å². The van der Waals surface area contributed by atoms with Crippen LogP contribution in [0.25, 0.3) is 0 Å². The summed E-state index contributed by atoms with van der Waals surface area (Å²) in [4.78, 5) is 10.4. The van der Waals surface area contributed by atoms with Gasteiger partial charge in [0, 0.05) is 4.47 Å². The van der Waals surface area contributed by atoms with E-state index in [1.807, 2.05) is 0 Å². The molecule has 0 saturated carbocycles. The highest BCUT2D eigenvalue weighted by Gasteiger charge is 2.04. The molecule has 0 spiro atoms. The first-order valence-corrected chi connectivity index (χ1v) is 5.60. The lowest BCUT2D eigenvalue weighted by atomic mass is 10.2. The van der Waals surface area contributed by atoms with Crippen LogP contribution >= 0.6 is 15.9 Å². The molecular formula is C11H16BrNO2. The summed E-state index contributed by atoms with van der Waals surface area (Å²) >= 11 is 3.12. The van der Waals surface area contributed by atoms with Gasteiger partial charge in [-0.1, -0.05) is 25.5 Å². The lowest BCUT2D eigenvalue weighted by Crippen LogP contribution is -1.95. The number of carboxylic acid groups (broad SMARTS) is 1. The smallest absolute Gasteiger partial charge is 0.336 e. The maximum Gasteiger partial charge on any atom is 0.336 e. The van der Waals surface area contributed by atoms with Crippen LogP contribution in [0.3, 0.4) is 0 Å². The molecule has 84 valence electrons. The van der Waals surface area contributed by atoms with Gasteiger partial charge in [-0.05, 0) is 41.0 Å². The molecule has 0 atom stereocenters. The Labute approximate surface area is 98.4 Å². The fourth-order valence-corrected chi connectivity index (χ4v) is 1.29. The quantitative estimate of drug-likeness (QED) is 0.890. The number of hydrogen-bond acceptors (Lipinski definition) is 2. The van der Waals surface area contributed by atoms with E-state index >= 15 is 0 Å². The zero-order chi connectivity index (χ0) is 11.7. The van der Waals surface area contributed by atoms with E-state index in [0.29, 0.717) is 10.0 Å². The normalized spacial score (nSPS) is 9.00. The van der Waals surface area contributed by atoms with Crippen molar-refractivity contribution in [2.24, 2.45) is 5.73 Å². The molecule has 3 N–H and O–H groups in total. The molecule has 0 saturated heterocycles. The molecule has 15 heavy (non-hydrogen) atoms. The second kappa shape index (κ2) is 8.44. The van der Waals surface area contributed by atoms with Gasteiger partial charge in [0.25, 0.3) is 0 Å². The Morgan fingerprint density at radius 2 is 2.07 bits per heavy atom. The number of halogens is 1. The number of rotatable bonds is 3. The topological polar surface area (TPSA) is 63.3 Å². The van der Waals surface area contributed by atoms with E-state index in [-0.39, 0.29) is 0 Å². The van der Waals surface area contributed by atoms with Gasteiger partial charge in [0.2, 0.25) is 0 Å². The van der Waals surface area contributed by atoms with Gasteiger partial charge in [0.1, 0.15) is 0 Å². The molecule has 0 aliphatic carbocycles. The van der Waals surface area contributed by atoms with Crippen molar-refractivity contribution in [3.8, 4) is 0 Å². The van der Waals surface area contributed by atoms with E-state index < -0.39 is 5.97 Å². The lowest BCUT2D eigenvalue weighted by molar-refractivity contribution is 0.0696. The van der Waals surface area contributed by atoms with E-state index in [9.17, 15) is 4.79 Å². The van der Waals surface area contributed by atoms with Gasteiger partial charge in [-0.15, -0.1) is 0 Å². The zero-order valence-corrected chi connectivity index (χ0v) is 10.3. The van der Waals surface area contributed by atoms with Crippen LogP contribution in [0.1, 0.15) is 30.1 Å². The lowest BCUT2D eigenvalue weighted by Gasteiger charge is -1.94. The molecule has 0 aliphatic heterocycles. The van der Waals surface area contributed by atoms with Crippen molar-refractivity contribution < 1.29 is 9.90 Å². The van der Waals surface area contributed by atoms with Crippen molar-refractivity contribution in [1.82, 2.24) is 0 Å². The number of benzene rings is 1. The van der Waals surface area contributed by atoms with Crippen LogP contribution in [0.5, 0.6) is 0 Å². The van der Waals surface area contributed by atoms with Crippen LogP contribution < -0.4 is 5.73 Å². The summed E-state index contributed by atoms with van der Waals surface area (Å²) in [5.41, 5.74) is 5.43. The van der Waals surface area contributed by atoms with Crippen LogP contribution in [-0.2, 0) is 0 Å². The molecule has 0 radical (unpaired) electrons. The van der Waals surface area contributed by atoms with E-state index in [4.69, 9.17) is 10.8 Å². The Hall–Kier alpha value is -0.870. The highest BCUT2D eigenvalue weighted by atomic mass is 79.9. The number of hydrogen-bond donors (Lipinski definition) is 2. The molecular weight excluding hydrogens is 258 g/mol. The summed E-state index contributed by atoms with van der Waals surface area (Å²) < 4.78 is 0.613. The van der Waals surface area contributed by atoms with Crippen molar-refractivity contribution in [3.05, 3.63) is 34.3 Å². The molecule has 4 heteroatoms. The van der Waals surface area contributed by atoms with E-state index in [2.05, 4.69) is 22.9 Å². The van der Waals surface area contributed by atoms with Gasteiger partial charge < -0.3 is 10.8 Å². The number of carbonyl (C=O) groups is 1. The third-order valence-electron chi connectivity index (χ3n) is 1.66. The van der Waals surface area contributed by atoms with Gasteiger partial charge >= 0.3 is 5.97 Å². The summed E-state index contributed by atoms with van der Waals surface area (Å²) in [5, 5.41) is 8.54. The largest absolute Gasteiger partial charge is 0.478 e. The van der Waals surface area contributed by atoms with Gasteiger partial charge in [-0.25, -0.2) is 4.79 Å². The van der Waals surface area contributed by atoms with Crippen molar-refractivity contribution >= 4 is 21.9 Å². The number of carboxylic acids is 1. The molecule has 0 amide bonds. The summed E-state index contributed by atoms with van der Waals surface area (Å²) in [6.07, 6.45) is 2.39. The Kier molecular flexibility index (Phi) is 7.95. The molecule has 0 aromatic heterocycles. The molecule has 1 rings (SSSR count). The third-order valence-corrected chi connectivity index (χ3v) is 2.35. The summed E-state index contributed by atoms with van der Waals surface area (Å²) in [5.74, 6) is -0.910. The van der Waals surface area contributed by atoms with Gasteiger partial charge in [-0.2, -0.15) is 0 Å². The SMILES string of the molecule is CCCCN.O=C(O)c1ccccc1Br. The van der Waals surface area contributed by atoms with Gasteiger partial charge in [0.15, 0.2) is 0 Å². The van der Waals surface area contributed by atoms with Crippen LogP contribution in [0.2, 0.25) is 0 Å². The van der Waals surface area contributed by atoms with Crippen molar-refractivity contribution in [1.29, 1.82) is 0 Å². The van der Waals surface area contributed by atoms with E-state index in [0.717, 1.165) is 6.54 Å². The fraction of sp³-hybridized carbons (Fsp3) is 0.364. The van der Waals surface area contributed by atoms with Crippen LogP contribution in [0.4, 0.5) is 0 Å². The number of aromatic carboxylic acids is 1. The highest BCUT2D eigenvalue weighted by Crippen LogP contribution is 2.14. The number of nitrogens with two attached hydrogens (primary N) is 1. The first kappa shape index (κ1) is 14.1. The monoisotopic (exact) mass is 273 g/mol. The molecule has 0 aliphatic rings. The summed E-state index contributed by atoms with van der Waals surface area (Å²) in [6.45, 7) is 2.98. The zero-order valence-electron chi connectivity index (χ0n) is 8.74. The van der Waals surface area contributed by atoms with Crippen LogP contribution in [0, 0.1) is 0 Å². The molecule has 0 bridgehead atoms. The molecule has 0 fully saturated rings. The van der Waals surface area contributed by atoms with Crippen LogP contribution in [-0.4, -0.2) is 17.6 Å². The Morgan fingerprint density at radius 1 is 1.47 bits per heavy atom. The third kappa shape index (κ3) is 6.25. The summed E-state index contributed by atoms with van der Waals surface area (Å²) in [7, 11) is 0. The van der Waals surface area contributed by atoms with Crippen molar-refractivity contribution in [2.45, 2.75) is 19.8 Å². The predicted octanol–water partition coefficient (Wildman–Crippen LogP) is 2.89. The molecule has 1 aromatic carbocycles. The molecule has 0 heterocycles. The molecule has 0 unspecified atom stereocenters. The Balaban J connectivity index is 0.000000336. The minimum atomic E-state index is -0.910. The standard InChI is InChI=1S/C7H5BrO2.C4H11N/c8-6-4-2-1-3-5(6)7(9)10;1-2-3-4-5/h1-4H,(H,9,10);2-5H2,1H3. The fourth-order valence-electron chi connectivity index (χ4n) is 0.839. The number of unbranched alkanes of at least 4 members (excludes halogenated alkanes) is 1. The summed E-state index contributed by atoms with van der Waals surface area (Å²) in [6, 6.07) is 6.71. The maximum absolute atomic E-state index is 10.4. The second-order valence-corrected chi connectivity index (χ2v) is 3.78. The van der Waals surface area contributed by atoms with Gasteiger partial charge in [-0.3, -0.25) is 0 Å². The second-order valence-electron chi connectivity index (χ2n) is 2.93. The van der Waals surface area contributed by atoms with Gasteiger partial charge in [0.05, 0.1) is 5.56 Å². The predicted molar refractivity (Wildman–Crippen MR) is 65.1 cm³/mol. The molecule has 1 aromatic rings. The Bertz CT molecular complexity index is 300. The maximum atomic E-state index is 10.4. The van der Waals surface area contributed by atoms with E-state index in [1.54, 1.807) is 24.3 Å². The molecule has 3 nitrogen and oxygen atoms in total. The van der Waals surface area contributed by atoms with E-state index in [1.165, 1.54) is 12.8 Å². The van der Waals surface area contributed by atoms with Crippen molar-refractivity contribution in [3.63, 3.8) is 0 Å². The Morgan fingerprint density at radius 3 is 2.33 bits per heavy atom. The first-order chi connectivity index (χ1) is 7.13. The van der Waals surface area contributed by atoms with Crippen LogP contribution in [0.15, 0.2) is 28.7 Å². The highest BCUT2D eigenvalue weighted by molar-refractivity contribution is 9.10. The average molecular weight is 274 g/mol.